The van der Waals surface area contributed by atoms with Crippen molar-refractivity contribution in [1.29, 1.82) is 0 Å². The van der Waals surface area contributed by atoms with Crippen LogP contribution in [-0.2, 0) is 10.2 Å². The van der Waals surface area contributed by atoms with Crippen molar-refractivity contribution >= 4 is 53.0 Å². The number of rotatable bonds is 3. The molecule has 1 aromatic carbocycles. The average Bonchev–Trinajstić information content (AvgIpc) is 2.14. The maximum Gasteiger partial charge on any atom is 0.335 e. The Balaban J connectivity index is 3.46. The molecule has 0 radical (unpaired) electrons. The van der Waals surface area contributed by atoms with Crippen LogP contribution >= 0.6 is 0 Å². The zero-order chi connectivity index (χ0) is 13.4. The van der Waals surface area contributed by atoms with Gasteiger partial charge in [0.05, 0.1) is 52.6 Å². The average molecular weight is 221 g/mol. The van der Waals surface area contributed by atoms with Crippen molar-refractivity contribution in [2.75, 3.05) is 0 Å². The molecule has 17 heavy (non-hydrogen) atoms. The Bertz CT molecular complexity index is 446. The van der Waals surface area contributed by atoms with Gasteiger partial charge in [-0.25, -0.2) is 4.79 Å². The van der Waals surface area contributed by atoms with Crippen LogP contribution in [0.3, 0.4) is 0 Å². The predicted octanol–water partition coefficient (Wildman–Crippen LogP) is -4.60. The van der Waals surface area contributed by atoms with E-state index in [0.717, 1.165) is 5.56 Å². The molecular weight excluding hydrogens is 205 g/mol. The predicted molar refractivity (Wildman–Crippen MR) is 88.0 cm³/mol. The Hall–Kier alpha value is -0.920. The zero-order valence-electron chi connectivity index (χ0n) is 11.6. The van der Waals surface area contributed by atoms with Crippen molar-refractivity contribution in [1.82, 2.24) is 0 Å². The number of carboxylic acid groups (broad SMARTS) is 1. The van der Waals surface area contributed by atoms with Crippen LogP contribution in [0.5, 0.6) is 0 Å². The Morgan fingerprint density at radius 1 is 1.00 bits per heavy atom. The van der Waals surface area contributed by atoms with E-state index in [1.54, 1.807) is 6.07 Å². The summed E-state index contributed by atoms with van der Waals surface area (Å²) in [6.45, 7) is 0. The first-order chi connectivity index (χ1) is 7.53. The molecule has 0 aliphatic heterocycles. The van der Waals surface area contributed by atoms with Crippen molar-refractivity contribution in [3.63, 3.8) is 0 Å². The molecule has 1 N–H and O–H groups in total. The van der Waals surface area contributed by atoms with Gasteiger partial charge < -0.3 is 5.11 Å². The highest BCUT2D eigenvalue weighted by molar-refractivity contribution is 6.60. The summed E-state index contributed by atoms with van der Waals surface area (Å²) in [6, 6.07) is 5.67. The van der Waals surface area contributed by atoms with E-state index < -0.39 is 5.97 Å². The lowest BCUT2D eigenvalue weighted by molar-refractivity contribution is 0.0695. The molecule has 0 bridgehead atoms. The van der Waals surface area contributed by atoms with Crippen molar-refractivity contribution in [2.45, 2.75) is 10.2 Å². The van der Waals surface area contributed by atoms with Gasteiger partial charge in [0.2, 0.25) is 0 Å². The van der Waals surface area contributed by atoms with Gasteiger partial charge in [0.1, 0.15) is 0 Å². The maximum absolute atomic E-state index is 11.2. The quantitative estimate of drug-likeness (QED) is 0.521. The molecule has 0 heterocycles. The van der Waals surface area contributed by atoms with Gasteiger partial charge in [-0.1, -0.05) is 33.5 Å². The Labute approximate surface area is 108 Å². The van der Waals surface area contributed by atoms with Gasteiger partial charge in [0, 0.05) is 0 Å². The van der Waals surface area contributed by atoms with Gasteiger partial charge in [-0.05, 0) is 6.07 Å². The van der Waals surface area contributed by atoms with E-state index in [4.69, 9.17) is 0 Å². The topological polar surface area (TPSA) is 37.3 Å². The van der Waals surface area contributed by atoms with E-state index in [1.807, 2.05) is 35.7 Å². The number of carbonyl (C=O) groups is 1. The largest absolute Gasteiger partial charge is 0.478 e. The molecule has 0 unspecified atom stereocenters. The summed E-state index contributed by atoms with van der Waals surface area (Å²) in [5, 5.41) is 9.10. The van der Waals surface area contributed by atoms with Gasteiger partial charge >= 0.3 is 5.97 Å². The molecule has 0 spiro atoms. The van der Waals surface area contributed by atoms with Crippen LogP contribution in [0.15, 0.2) is 18.2 Å². The molecule has 82 valence electrons. The number of aromatic carboxylic acids is 1. The fraction of sp³-hybridized carbons (Fsp3) is 0.222. The summed E-state index contributed by atoms with van der Waals surface area (Å²) in [5.74, 6) is -0.851. The zero-order valence-corrected chi connectivity index (χ0v) is 11.6. The van der Waals surface area contributed by atoms with Gasteiger partial charge in [-0.3, -0.25) is 0 Å². The van der Waals surface area contributed by atoms with Crippen molar-refractivity contribution < 1.29 is 9.90 Å². The normalized spacial score (nSPS) is 12.2. The second kappa shape index (κ2) is 4.40. The van der Waals surface area contributed by atoms with Gasteiger partial charge in [0.25, 0.3) is 0 Å². The van der Waals surface area contributed by atoms with Crippen LogP contribution in [0, 0.1) is 0 Å². The number of hydrogen-bond donors (Lipinski definition) is 1. The summed E-state index contributed by atoms with van der Waals surface area (Å²) in [5.41, 5.74) is 2.48. The second-order valence-corrected chi connectivity index (χ2v) is 6.57. The van der Waals surface area contributed by atoms with E-state index >= 15 is 0 Å². The highest BCUT2D eigenvalue weighted by atomic mass is 16.4. The molecule has 1 aromatic rings. The third-order valence-corrected chi connectivity index (χ3v) is 2.92. The Morgan fingerprint density at radius 2 is 1.53 bits per heavy atom. The van der Waals surface area contributed by atoms with Crippen molar-refractivity contribution in [3.05, 3.63) is 34.9 Å². The third kappa shape index (κ3) is 3.27. The first-order valence-electron chi connectivity index (χ1n) is 5.92. The third-order valence-electron chi connectivity index (χ3n) is 2.92. The molecule has 0 aliphatic rings. The molecule has 1 rings (SSSR count). The molecular formula is C9H16B6O2. The number of carboxylic acids is 1. The minimum Gasteiger partial charge on any atom is -0.478 e. The summed E-state index contributed by atoms with van der Waals surface area (Å²) in [4.78, 5) is 11.2. The van der Waals surface area contributed by atoms with Crippen LogP contribution in [0.25, 0.3) is 0 Å². The lowest BCUT2D eigenvalue weighted by Gasteiger charge is -2.26. The van der Waals surface area contributed by atoms with Crippen molar-refractivity contribution in [3.8, 4) is 0 Å². The molecule has 0 atom stereocenters. The fourth-order valence-electron chi connectivity index (χ4n) is 1.82. The van der Waals surface area contributed by atoms with E-state index in [9.17, 15) is 9.90 Å². The first kappa shape index (κ1) is 14.1. The first-order valence-corrected chi connectivity index (χ1v) is 5.92. The summed E-state index contributed by atoms with van der Waals surface area (Å²) in [7, 11) is 12.5. The number of benzene rings is 1. The minimum absolute atomic E-state index is 0.0387. The van der Waals surface area contributed by atoms with Gasteiger partial charge in [-0.2, -0.15) is 0 Å². The SMILES string of the molecule is BC(B)(B)c1ccc(C(=O)O)c(C(B)(B)B)c1. The molecule has 0 aromatic heterocycles. The van der Waals surface area contributed by atoms with Crippen LogP contribution in [0.1, 0.15) is 21.5 Å². The Kier molecular flexibility index (Phi) is 3.66. The molecule has 8 heteroatoms. The second-order valence-electron chi connectivity index (χ2n) is 6.57. The highest BCUT2D eigenvalue weighted by Gasteiger charge is 2.24. The highest BCUT2D eigenvalue weighted by Crippen LogP contribution is 2.24. The summed E-state index contributed by atoms with van der Waals surface area (Å²) < 4.78 is 0. The van der Waals surface area contributed by atoms with Crippen molar-refractivity contribution in [2.24, 2.45) is 0 Å². The summed E-state index contributed by atoms with van der Waals surface area (Å²) in [6.07, 6.45) is 0. The molecule has 0 amide bonds. The lowest BCUT2D eigenvalue weighted by atomic mass is 9.37. The van der Waals surface area contributed by atoms with Gasteiger partial charge in [-0.15, -0.1) is 0 Å². The van der Waals surface area contributed by atoms with Crippen LogP contribution < -0.4 is 0 Å². The van der Waals surface area contributed by atoms with E-state index in [0.29, 0.717) is 5.56 Å². The minimum atomic E-state index is -0.851. The van der Waals surface area contributed by atoms with E-state index in [2.05, 4.69) is 23.5 Å². The lowest BCUT2D eigenvalue weighted by Crippen LogP contribution is -2.32. The molecule has 0 saturated carbocycles. The van der Waals surface area contributed by atoms with E-state index in [-0.39, 0.29) is 10.2 Å². The molecule has 2 nitrogen and oxygen atoms in total. The maximum atomic E-state index is 11.2. The van der Waals surface area contributed by atoms with E-state index in [1.165, 1.54) is 5.56 Å². The number of hydrogen-bond acceptors (Lipinski definition) is 1. The smallest absolute Gasteiger partial charge is 0.335 e. The molecule has 0 saturated heterocycles. The van der Waals surface area contributed by atoms with Crippen LogP contribution in [-0.4, -0.2) is 58.2 Å². The molecule has 0 fully saturated rings. The monoisotopic (exact) mass is 222 g/mol. The Morgan fingerprint density at radius 3 is 1.88 bits per heavy atom. The summed E-state index contributed by atoms with van der Waals surface area (Å²) >= 11 is 0. The van der Waals surface area contributed by atoms with Gasteiger partial charge in [0.15, 0.2) is 0 Å². The standard InChI is InChI=1S/C9H16B6O2/c10-8(11,12)4-1-2-5(7(16)17)6(3-4)9(13,14)15/h1-3H,10-15H2,(H,16,17). The van der Waals surface area contributed by atoms with Crippen LogP contribution in [0.4, 0.5) is 0 Å². The fourth-order valence-corrected chi connectivity index (χ4v) is 1.82. The molecule has 0 aliphatic carbocycles. The van der Waals surface area contributed by atoms with Crippen LogP contribution in [0.2, 0.25) is 0 Å².